The van der Waals surface area contributed by atoms with Gasteiger partial charge in [-0.1, -0.05) is 0 Å². The molecule has 9 heteroatoms. The van der Waals surface area contributed by atoms with Gasteiger partial charge in [0.05, 0.1) is 16.2 Å². The Morgan fingerprint density at radius 2 is 2.12 bits per heavy atom. The first kappa shape index (κ1) is 14.3. The molecule has 0 fully saturated rings. The van der Waals surface area contributed by atoms with Crippen molar-refractivity contribution < 1.29 is 27.4 Å². The number of nitrogens with zero attached hydrogens (tertiary/aromatic N) is 1. The Morgan fingerprint density at radius 3 is 2.53 bits per heavy atom. The number of ether oxygens (including phenoxy) is 2. The van der Waals surface area contributed by atoms with Crippen molar-refractivity contribution >= 4 is 39.4 Å². The number of rotatable bonds is 3. The second-order valence-corrected chi connectivity index (χ2v) is 4.07. The van der Waals surface area contributed by atoms with Crippen LogP contribution < -0.4 is 9.47 Å². The number of alkyl halides is 3. The second-order valence-electron chi connectivity index (χ2n) is 2.65. The van der Waals surface area contributed by atoms with Gasteiger partial charge < -0.3 is 9.47 Å². The van der Waals surface area contributed by atoms with E-state index in [9.17, 15) is 18.0 Å². The van der Waals surface area contributed by atoms with Crippen LogP contribution in [-0.4, -0.2) is 23.7 Å². The summed E-state index contributed by atoms with van der Waals surface area (Å²) in [6.45, 7) is 0. The Balaban J connectivity index is 3.26. The Kier molecular flexibility index (Phi) is 4.42. The van der Waals surface area contributed by atoms with Crippen molar-refractivity contribution in [3.8, 4) is 11.6 Å². The molecule has 4 nitrogen and oxygen atoms in total. The molecule has 0 saturated heterocycles. The van der Waals surface area contributed by atoms with Crippen molar-refractivity contribution in [2.45, 2.75) is 6.36 Å². The number of carbonyl (C=O) groups excluding carboxylic acids is 1. The summed E-state index contributed by atoms with van der Waals surface area (Å²) in [5.41, 5.74) is -0.0568. The van der Waals surface area contributed by atoms with Gasteiger partial charge in [-0.05, 0) is 34.2 Å². The van der Waals surface area contributed by atoms with E-state index in [2.05, 4.69) is 9.72 Å². The van der Waals surface area contributed by atoms with Crippen LogP contribution in [0.4, 0.5) is 13.2 Å². The molecule has 94 valence electrons. The van der Waals surface area contributed by atoms with Gasteiger partial charge in [0.1, 0.15) is 0 Å². The minimum atomic E-state index is -4.89. The fourth-order valence-electron chi connectivity index (χ4n) is 0.951. The fraction of sp³-hybridized carbons (Fsp3) is 0.250. The largest absolute Gasteiger partial charge is 0.574 e. The molecule has 0 aromatic carbocycles. The summed E-state index contributed by atoms with van der Waals surface area (Å²) < 4.78 is 44.6. The standard InChI is InChI=1S/C8H4ClF3INO3/c1-16-5-4(13)3(6(9)15)2-14-7(5)17-8(10,11)12/h2H,1H3. The third-order valence-corrected chi connectivity index (χ3v) is 2.84. The van der Waals surface area contributed by atoms with Crippen LogP contribution in [0.5, 0.6) is 11.6 Å². The van der Waals surface area contributed by atoms with E-state index >= 15 is 0 Å². The predicted molar refractivity (Wildman–Crippen MR) is 60.4 cm³/mol. The molecular formula is C8H4ClF3INO3. The predicted octanol–water partition coefficient (Wildman–Crippen LogP) is 2.97. The maximum absolute atomic E-state index is 12.0. The summed E-state index contributed by atoms with van der Waals surface area (Å²) in [6, 6.07) is 0. The van der Waals surface area contributed by atoms with Gasteiger partial charge in [-0.25, -0.2) is 4.98 Å². The van der Waals surface area contributed by atoms with Crippen molar-refractivity contribution in [3.63, 3.8) is 0 Å². The molecule has 0 aliphatic heterocycles. The van der Waals surface area contributed by atoms with Crippen LogP contribution >= 0.6 is 34.2 Å². The average molecular weight is 381 g/mol. The zero-order valence-electron chi connectivity index (χ0n) is 8.14. The highest BCUT2D eigenvalue weighted by molar-refractivity contribution is 14.1. The van der Waals surface area contributed by atoms with E-state index < -0.39 is 17.5 Å². The molecule has 1 heterocycles. The minimum absolute atomic E-state index is 0.0568. The third kappa shape index (κ3) is 3.60. The molecule has 0 aliphatic carbocycles. The molecule has 1 aromatic rings. The molecule has 0 amide bonds. The van der Waals surface area contributed by atoms with Crippen molar-refractivity contribution in [2.75, 3.05) is 7.11 Å². The number of pyridine rings is 1. The van der Waals surface area contributed by atoms with Crippen LogP contribution in [0, 0.1) is 3.57 Å². The highest BCUT2D eigenvalue weighted by Crippen LogP contribution is 2.35. The molecule has 1 aromatic heterocycles. The second kappa shape index (κ2) is 5.25. The topological polar surface area (TPSA) is 48.4 Å². The van der Waals surface area contributed by atoms with E-state index in [4.69, 9.17) is 16.3 Å². The van der Waals surface area contributed by atoms with E-state index in [-0.39, 0.29) is 14.9 Å². The Morgan fingerprint density at radius 1 is 1.53 bits per heavy atom. The van der Waals surface area contributed by atoms with Gasteiger partial charge in [0.15, 0.2) is 5.75 Å². The van der Waals surface area contributed by atoms with Crippen LogP contribution in [0.15, 0.2) is 6.20 Å². The van der Waals surface area contributed by atoms with Crippen molar-refractivity contribution in [1.82, 2.24) is 4.98 Å². The summed E-state index contributed by atoms with van der Waals surface area (Å²) in [4.78, 5) is 14.3. The lowest BCUT2D eigenvalue weighted by atomic mass is 10.3. The van der Waals surface area contributed by atoms with Gasteiger partial charge in [0.2, 0.25) is 0 Å². The summed E-state index contributed by atoms with van der Waals surface area (Å²) in [7, 11) is 1.13. The highest BCUT2D eigenvalue weighted by atomic mass is 127. The van der Waals surface area contributed by atoms with Crippen LogP contribution in [0.1, 0.15) is 10.4 Å². The number of hydrogen-bond acceptors (Lipinski definition) is 4. The molecule has 0 radical (unpaired) electrons. The van der Waals surface area contributed by atoms with Gasteiger partial charge in [-0.3, -0.25) is 4.79 Å². The third-order valence-electron chi connectivity index (χ3n) is 1.57. The van der Waals surface area contributed by atoms with Gasteiger partial charge >= 0.3 is 6.36 Å². The lowest BCUT2D eigenvalue weighted by Crippen LogP contribution is -2.19. The number of aromatic nitrogens is 1. The zero-order chi connectivity index (χ0) is 13.2. The quantitative estimate of drug-likeness (QED) is 0.597. The van der Waals surface area contributed by atoms with E-state index in [1.54, 1.807) is 22.6 Å². The molecule has 17 heavy (non-hydrogen) atoms. The molecule has 0 saturated carbocycles. The normalized spacial score (nSPS) is 11.2. The SMILES string of the molecule is COc1c(OC(F)(F)F)ncc(C(=O)Cl)c1I. The number of carbonyl (C=O) groups is 1. The Labute approximate surface area is 112 Å². The van der Waals surface area contributed by atoms with E-state index in [0.717, 1.165) is 13.3 Å². The van der Waals surface area contributed by atoms with Gasteiger partial charge in [0, 0.05) is 6.20 Å². The van der Waals surface area contributed by atoms with Gasteiger partial charge in [-0.2, -0.15) is 0 Å². The fourth-order valence-corrected chi connectivity index (χ4v) is 2.09. The van der Waals surface area contributed by atoms with E-state index in [0.29, 0.717) is 0 Å². The van der Waals surface area contributed by atoms with E-state index in [1.165, 1.54) is 0 Å². The van der Waals surface area contributed by atoms with Crippen LogP contribution in [-0.2, 0) is 0 Å². The first-order valence-corrected chi connectivity index (χ1v) is 5.40. The molecule has 0 aliphatic rings. The highest BCUT2D eigenvalue weighted by Gasteiger charge is 2.34. The van der Waals surface area contributed by atoms with Gasteiger partial charge in [-0.15, -0.1) is 13.2 Å². The molecule has 0 bridgehead atoms. The maximum Gasteiger partial charge on any atom is 0.574 e. The minimum Gasteiger partial charge on any atom is -0.490 e. The average Bonchev–Trinajstić information content (AvgIpc) is 2.15. The summed E-state index contributed by atoms with van der Waals surface area (Å²) in [5.74, 6) is -1.07. The summed E-state index contributed by atoms with van der Waals surface area (Å²) in [5, 5.41) is -0.848. The Hall–Kier alpha value is -0.770. The van der Waals surface area contributed by atoms with Crippen LogP contribution in [0.25, 0.3) is 0 Å². The van der Waals surface area contributed by atoms with Crippen molar-refractivity contribution in [3.05, 3.63) is 15.3 Å². The van der Waals surface area contributed by atoms with Crippen LogP contribution in [0.2, 0.25) is 0 Å². The number of halogens is 5. The van der Waals surface area contributed by atoms with Gasteiger partial charge in [0.25, 0.3) is 11.1 Å². The summed E-state index contributed by atoms with van der Waals surface area (Å²) in [6.07, 6.45) is -4.00. The molecular weight excluding hydrogens is 377 g/mol. The Bertz CT molecular complexity index is 452. The first-order chi connectivity index (χ1) is 7.76. The lowest BCUT2D eigenvalue weighted by molar-refractivity contribution is -0.276. The smallest absolute Gasteiger partial charge is 0.490 e. The molecule has 0 unspecified atom stereocenters. The molecule has 1 rings (SSSR count). The first-order valence-electron chi connectivity index (χ1n) is 3.94. The van der Waals surface area contributed by atoms with Crippen molar-refractivity contribution in [2.24, 2.45) is 0 Å². The van der Waals surface area contributed by atoms with Crippen LogP contribution in [0.3, 0.4) is 0 Å². The van der Waals surface area contributed by atoms with E-state index in [1.807, 2.05) is 0 Å². The number of hydrogen-bond donors (Lipinski definition) is 0. The van der Waals surface area contributed by atoms with Crippen molar-refractivity contribution in [1.29, 1.82) is 0 Å². The zero-order valence-corrected chi connectivity index (χ0v) is 11.1. The lowest BCUT2D eigenvalue weighted by Gasteiger charge is -2.13. The number of methoxy groups -OCH3 is 1. The molecule has 0 spiro atoms. The summed E-state index contributed by atoms with van der Waals surface area (Å²) >= 11 is 6.84. The maximum atomic E-state index is 12.0. The molecule has 0 atom stereocenters. The molecule has 0 N–H and O–H groups in total. The monoisotopic (exact) mass is 381 g/mol.